The summed E-state index contributed by atoms with van der Waals surface area (Å²) in [7, 11) is 0. The van der Waals surface area contributed by atoms with Gasteiger partial charge in [-0.05, 0) is 43.4 Å². The fraction of sp³-hybridized carbons (Fsp3) is 0.312. The van der Waals surface area contributed by atoms with Crippen molar-refractivity contribution < 1.29 is 4.74 Å². The molecule has 1 aliphatic carbocycles. The van der Waals surface area contributed by atoms with Crippen LogP contribution in [0.3, 0.4) is 0 Å². The Balaban J connectivity index is 1.83. The van der Waals surface area contributed by atoms with Crippen molar-refractivity contribution in [1.82, 2.24) is 15.0 Å². The van der Waals surface area contributed by atoms with Gasteiger partial charge in [-0.1, -0.05) is 6.42 Å². The summed E-state index contributed by atoms with van der Waals surface area (Å²) in [5.74, 6) is 1.37. The summed E-state index contributed by atoms with van der Waals surface area (Å²) in [6.45, 7) is 0. The van der Waals surface area contributed by atoms with Gasteiger partial charge in [0.2, 0.25) is 5.88 Å². The monoisotopic (exact) mass is 297 g/mol. The van der Waals surface area contributed by atoms with Crippen LogP contribution in [-0.2, 0) is 12.8 Å². The van der Waals surface area contributed by atoms with Gasteiger partial charge in [0.15, 0.2) is 0 Å². The minimum absolute atomic E-state index is 0.660. The van der Waals surface area contributed by atoms with E-state index < -0.39 is 0 Å². The lowest BCUT2D eigenvalue weighted by atomic mass is 10.1. The zero-order chi connectivity index (χ0) is 14.1. The molecule has 0 spiro atoms. The lowest BCUT2D eigenvalue weighted by Crippen LogP contribution is -1.93. The van der Waals surface area contributed by atoms with Crippen LogP contribution < -0.4 is 4.74 Å². The molecule has 0 unspecified atom stereocenters. The molecule has 3 aromatic rings. The van der Waals surface area contributed by atoms with Crippen LogP contribution in [-0.4, -0.2) is 15.0 Å². The molecule has 0 radical (unpaired) electrons. The van der Waals surface area contributed by atoms with Crippen LogP contribution in [0, 0.1) is 0 Å². The zero-order valence-electron chi connectivity index (χ0n) is 11.6. The first-order valence-corrected chi connectivity index (χ1v) is 8.06. The predicted octanol–water partition coefficient (Wildman–Crippen LogP) is 4.15. The highest BCUT2D eigenvalue weighted by atomic mass is 32.1. The lowest BCUT2D eigenvalue weighted by molar-refractivity contribution is 0.465. The van der Waals surface area contributed by atoms with Crippen LogP contribution in [0.2, 0.25) is 0 Å². The average molecular weight is 297 g/mol. The summed E-state index contributed by atoms with van der Waals surface area (Å²) in [6, 6.07) is 3.76. The Labute approximate surface area is 126 Å². The Hall–Kier alpha value is -2.01. The SMILES string of the molecule is c1cncc(Oc2ncnc3sc4c(c23)CCCCC4)c1. The molecule has 1 aliphatic rings. The second-order valence-corrected chi connectivity index (χ2v) is 6.30. The van der Waals surface area contributed by atoms with Crippen LogP contribution in [0.5, 0.6) is 11.6 Å². The molecule has 0 saturated heterocycles. The number of hydrogen-bond acceptors (Lipinski definition) is 5. The standard InChI is InChI=1S/C16H15N3OS/c1-2-6-12-13(7-3-1)21-16-14(12)15(18-10-19-16)20-11-5-4-8-17-9-11/h4-5,8-10H,1-3,6-7H2. The van der Waals surface area contributed by atoms with Crippen LogP contribution in [0.1, 0.15) is 29.7 Å². The van der Waals surface area contributed by atoms with Crippen molar-refractivity contribution in [2.24, 2.45) is 0 Å². The molecule has 4 rings (SSSR count). The number of nitrogens with zero attached hydrogens (tertiary/aromatic N) is 3. The van der Waals surface area contributed by atoms with Gasteiger partial charge in [-0.2, -0.15) is 0 Å². The maximum Gasteiger partial charge on any atom is 0.231 e. The Morgan fingerprint density at radius 1 is 1.10 bits per heavy atom. The van der Waals surface area contributed by atoms with Crippen LogP contribution in [0.25, 0.3) is 10.2 Å². The molecule has 0 atom stereocenters. The molecule has 0 amide bonds. The summed E-state index contributed by atoms with van der Waals surface area (Å²) in [5.41, 5.74) is 1.40. The fourth-order valence-corrected chi connectivity index (χ4v) is 4.05. The molecule has 0 bridgehead atoms. The number of thiophene rings is 1. The quantitative estimate of drug-likeness (QED) is 0.667. The van der Waals surface area contributed by atoms with E-state index in [9.17, 15) is 0 Å². The Morgan fingerprint density at radius 3 is 2.95 bits per heavy atom. The van der Waals surface area contributed by atoms with Gasteiger partial charge in [-0.3, -0.25) is 4.98 Å². The normalized spacial score (nSPS) is 14.7. The number of aryl methyl sites for hydroxylation is 2. The van der Waals surface area contributed by atoms with E-state index in [4.69, 9.17) is 4.74 Å². The summed E-state index contributed by atoms with van der Waals surface area (Å²) >= 11 is 1.79. The van der Waals surface area contributed by atoms with Crippen molar-refractivity contribution >= 4 is 21.6 Å². The summed E-state index contributed by atoms with van der Waals surface area (Å²) in [5, 5.41) is 1.10. The molecule has 21 heavy (non-hydrogen) atoms. The fourth-order valence-electron chi connectivity index (χ4n) is 2.83. The van der Waals surface area contributed by atoms with Gasteiger partial charge in [0, 0.05) is 11.1 Å². The van der Waals surface area contributed by atoms with Crippen LogP contribution >= 0.6 is 11.3 Å². The number of ether oxygens (including phenoxy) is 1. The Bertz CT molecular complexity index is 770. The molecule has 0 fully saturated rings. The van der Waals surface area contributed by atoms with E-state index in [0.29, 0.717) is 11.6 Å². The van der Waals surface area contributed by atoms with E-state index >= 15 is 0 Å². The van der Waals surface area contributed by atoms with Gasteiger partial charge in [-0.25, -0.2) is 9.97 Å². The van der Waals surface area contributed by atoms with Gasteiger partial charge in [0.1, 0.15) is 16.9 Å². The first-order valence-electron chi connectivity index (χ1n) is 7.25. The zero-order valence-corrected chi connectivity index (χ0v) is 12.4. The number of fused-ring (bicyclic) bond motifs is 3. The molecule has 0 aliphatic heterocycles. The maximum atomic E-state index is 5.95. The maximum absolute atomic E-state index is 5.95. The number of hydrogen-bond donors (Lipinski definition) is 0. The summed E-state index contributed by atoms with van der Waals surface area (Å²) in [4.78, 5) is 15.4. The molecule has 3 heterocycles. The molecule has 0 saturated carbocycles. The largest absolute Gasteiger partial charge is 0.437 e. The predicted molar refractivity (Wildman–Crippen MR) is 83.0 cm³/mol. The second-order valence-electron chi connectivity index (χ2n) is 5.21. The number of aromatic nitrogens is 3. The Morgan fingerprint density at radius 2 is 2.05 bits per heavy atom. The van der Waals surface area contributed by atoms with Crippen molar-refractivity contribution in [2.75, 3.05) is 0 Å². The molecular formula is C16H15N3OS. The lowest BCUT2D eigenvalue weighted by Gasteiger charge is -2.06. The van der Waals surface area contributed by atoms with Gasteiger partial charge in [0.05, 0.1) is 11.6 Å². The first kappa shape index (κ1) is 12.7. The smallest absolute Gasteiger partial charge is 0.231 e. The highest BCUT2D eigenvalue weighted by molar-refractivity contribution is 7.18. The topological polar surface area (TPSA) is 47.9 Å². The van der Waals surface area contributed by atoms with Crippen LogP contribution in [0.15, 0.2) is 30.9 Å². The van der Waals surface area contributed by atoms with Crippen molar-refractivity contribution in [3.8, 4) is 11.6 Å². The van der Waals surface area contributed by atoms with E-state index in [-0.39, 0.29) is 0 Å². The van der Waals surface area contributed by atoms with Crippen molar-refractivity contribution in [1.29, 1.82) is 0 Å². The average Bonchev–Trinajstić information content (AvgIpc) is 2.72. The molecule has 3 aromatic heterocycles. The van der Waals surface area contributed by atoms with E-state index in [1.54, 1.807) is 30.1 Å². The molecule has 106 valence electrons. The molecule has 0 aromatic carbocycles. The van der Waals surface area contributed by atoms with Crippen molar-refractivity contribution in [3.05, 3.63) is 41.3 Å². The second kappa shape index (κ2) is 5.41. The third-order valence-electron chi connectivity index (χ3n) is 3.82. The minimum atomic E-state index is 0.660. The van der Waals surface area contributed by atoms with Gasteiger partial charge >= 0.3 is 0 Å². The first-order chi connectivity index (χ1) is 10.4. The molecule has 5 heteroatoms. The van der Waals surface area contributed by atoms with Gasteiger partial charge < -0.3 is 4.74 Å². The van der Waals surface area contributed by atoms with Gasteiger partial charge in [-0.15, -0.1) is 11.3 Å². The van der Waals surface area contributed by atoms with E-state index in [0.717, 1.165) is 23.1 Å². The molecular weight excluding hydrogens is 282 g/mol. The molecule has 4 nitrogen and oxygen atoms in total. The van der Waals surface area contributed by atoms with E-state index in [1.807, 2.05) is 12.1 Å². The minimum Gasteiger partial charge on any atom is -0.437 e. The Kier molecular flexibility index (Phi) is 3.27. The third-order valence-corrected chi connectivity index (χ3v) is 5.02. The number of pyridine rings is 1. The van der Waals surface area contributed by atoms with Crippen molar-refractivity contribution in [2.45, 2.75) is 32.1 Å². The van der Waals surface area contributed by atoms with E-state index in [1.165, 1.54) is 29.7 Å². The number of rotatable bonds is 2. The highest BCUT2D eigenvalue weighted by Crippen LogP contribution is 2.39. The summed E-state index contributed by atoms with van der Waals surface area (Å²) in [6.07, 6.45) is 11.1. The van der Waals surface area contributed by atoms with Gasteiger partial charge in [0.25, 0.3) is 0 Å². The summed E-state index contributed by atoms with van der Waals surface area (Å²) < 4.78 is 5.95. The highest BCUT2D eigenvalue weighted by Gasteiger charge is 2.20. The van der Waals surface area contributed by atoms with Crippen LogP contribution in [0.4, 0.5) is 0 Å². The van der Waals surface area contributed by atoms with E-state index in [2.05, 4.69) is 15.0 Å². The van der Waals surface area contributed by atoms with Crippen molar-refractivity contribution in [3.63, 3.8) is 0 Å². The third kappa shape index (κ3) is 2.38. The molecule has 0 N–H and O–H groups in total.